The molecule has 2 N–H and O–H groups in total. The van der Waals surface area contributed by atoms with E-state index in [0.717, 1.165) is 27.0 Å². The lowest BCUT2D eigenvalue weighted by Crippen LogP contribution is -2.15. The third-order valence-corrected chi connectivity index (χ3v) is 5.48. The SMILES string of the molecule is COc1ccc(NC(CC(O)c2ccc(OC)c(OC)c2)c2ccc(Br)cc2)cc1. The first-order valence-corrected chi connectivity index (χ1v) is 10.4. The predicted octanol–water partition coefficient (Wildman–Crippen LogP) is 5.75. The van der Waals surface area contributed by atoms with Crippen molar-refractivity contribution in [1.29, 1.82) is 0 Å². The van der Waals surface area contributed by atoms with Crippen LogP contribution in [0.2, 0.25) is 0 Å². The molecule has 5 nitrogen and oxygen atoms in total. The second kappa shape index (κ2) is 10.4. The van der Waals surface area contributed by atoms with Crippen molar-refractivity contribution >= 4 is 21.6 Å². The van der Waals surface area contributed by atoms with Gasteiger partial charge < -0.3 is 24.6 Å². The number of halogens is 1. The van der Waals surface area contributed by atoms with Gasteiger partial charge in [0.2, 0.25) is 0 Å². The number of benzene rings is 3. The molecule has 2 unspecified atom stereocenters. The molecular formula is C24H26BrNO4. The number of aliphatic hydroxyl groups excluding tert-OH is 1. The molecule has 0 aliphatic rings. The largest absolute Gasteiger partial charge is 0.497 e. The fraction of sp³-hybridized carbons (Fsp3) is 0.250. The summed E-state index contributed by atoms with van der Waals surface area (Å²) in [4.78, 5) is 0. The van der Waals surface area contributed by atoms with Crippen LogP contribution in [-0.2, 0) is 0 Å². The molecule has 0 saturated carbocycles. The average Bonchev–Trinajstić information content (AvgIpc) is 2.79. The Labute approximate surface area is 185 Å². The van der Waals surface area contributed by atoms with Crippen LogP contribution in [0.5, 0.6) is 17.2 Å². The summed E-state index contributed by atoms with van der Waals surface area (Å²) < 4.78 is 16.9. The Morgan fingerprint density at radius 2 is 1.43 bits per heavy atom. The Morgan fingerprint density at radius 3 is 2.03 bits per heavy atom. The Bertz CT molecular complexity index is 944. The highest BCUT2D eigenvalue weighted by Crippen LogP contribution is 2.35. The number of hydrogen-bond donors (Lipinski definition) is 2. The molecule has 3 aromatic carbocycles. The highest BCUT2D eigenvalue weighted by Gasteiger charge is 2.19. The van der Waals surface area contributed by atoms with Gasteiger partial charge in [-0.25, -0.2) is 0 Å². The van der Waals surface area contributed by atoms with Crippen molar-refractivity contribution in [1.82, 2.24) is 0 Å². The summed E-state index contributed by atoms with van der Waals surface area (Å²) in [6, 6.07) is 21.2. The zero-order valence-electron chi connectivity index (χ0n) is 17.3. The second-order valence-electron chi connectivity index (χ2n) is 6.84. The quantitative estimate of drug-likeness (QED) is 0.415. The van der Waals surface area contributed by atoms with Crippen molar-refractivity contribution in [2.45, 2.75) is 18.6 Å². The van der Waals surface area contributed by atoms with Crippen molar-refractivity contribution in [3.63, 3.8) is 0 Å². The van der Waals surface area contributed by atoms with Gasteiger partial charge >= 0.3 is 0 Å². The summed E-state index contributed by atoms with van der Waals surface area (Å²) >= 11 is 3.48. The summed E-state index contributed by atoms with van der Waals surface area (Å²) in [5.41, 5.74) is 2.79. The molecular weight excluding hydrogens is 446 g/mol. The first-order chi connectivity index (χ1) is 14.5. The highest BCUT2D eigenvalue weighted by molar-refractivity contribution is 9.10. The Morgan fingerprint density at radius 1 is 0.800 bits per heavy atom. The van der Waals surface area contributed by atoms with Crippen molar-refractivity contribution in [2.24, 2.45) is 0 Å². The molecule has 0 bridgehead atoms. The number of rotatable bonds is 9. The van der Waals surface area contributed by atoms with E-state index in [2.05, 4.69) is 21.2 Å². The maximum atomic E-state index is 11.0. The van der Waals surface area contributed by atoms with Crippen LogP contribution in [-0.4, -0.2) is 26.4 Å². The van der Waals surface area contributed by atoms with Crippen LogP contribution in [0.25, 0.3) is 0 Å². The van der Waals surface area contributed by atoms with Gasteiger partial charge in [-0.3, -0.25) is 0 Å². The molecule has 0 fully saturated rings. The van der Waals surface area contributed by atoms with E-state index < -0.39 is 6.10 Å². The fourth-order valence-electron chi connectivity index (χ4n) is 3.28. The monoisotopic (exact) mass is 471 g/mol. The van der Waals surface area contributed by atoms with Crippen LogP contribution in [0.3, 0.4) is 0 Å². The van der Waals surface area contributed by atoms with Gasteiger partial charge in [0.15, 0.2) is 11.5 Å². The Hall–Kier alpha value is -2.70. The van der Waals surface area contributed by atoms with Crippen LogP contribution >= 0.6 is 15.9 Å². The molecule has 30 heavy (non-hydrogen) atoms. The topological polar surface area (TPSA) is 60.0 Å². The molecule has 0 radical (unpaired) electrons. The molecule has 0 heterocycles. The van der Waals surface area contributed by atoms with E-state index in [-0.39, 0.29) is 6.04 Å². The van der Waals surface area contributed by atoms with Crippen LogP contribution in [0.1, 0.15) is 29.7 Å². The first-order valence-electron chi connectivity index (χ1n) is 9.60. The molecule has 0 aliphatic carbocycles. The molecule has 0 spiro atoms. The zero-order chi connectivity index (χ0) is 21.5. The summed E-state index contributed by atoms with van der Waals surface area (Å²) in [6.45, 7) is 0. The lowest BCUT2D eigenvalue weighted by Gasteiger charge is -2.24. The van der Waals surface area contributed by atoms with Crippen LogP contribution in [0.4, 0.5) is 5.69 Å². The molecule has 158 valence electrons. The van der Waals surface area contributed by atoms with Crippen LogP contribution in [0, 0.1) is 0 Å². The zero-order valence-corrected chi connectivity index (χ0v) is 18.8. The van der Waals surface area contributed by atoms with Gasteiger partial charge in [-0.15, -0.1) is 0 Å². The third kappa shape index (κ3) is 5.46. The predicted molar refractivity (Wildman–Crippen MR) is 123 cm³/mol. The minimum atomic E-state index is -0.691. The van der Waals surface area contributed by atoms with Gasteiger partial charge in [-0.05, 0) is 59.7 Å². The summed E-state index contributed by atoms with van der Waals surface area (Å²) in [5, 5.41) is 14.5. The number of methoxy groups -OCH3 is 3. The minimum absolute atomic E-state index is 0.102. The number of nitrogens with one attached hydrogen (secondary N) is 1. The van der Waals surface area contributed by atoms with Crippen LogP contribution in [0.15, 0.2) is 71.2 Å². The van der Waals surface area contributed by atoms with Gasteiger partial charge in [0.25, 0.3) is 0 Å². The summed E-state index contributed by atoms with van der Waals surface area (Å²) in [6.07, 6.45) is -0.215. The maximum absolute atomic E-state index is 11.0. The average molecular weight is 472 g/mol. The second-order valence-corrected chi connectivity index (χ2v) is 7.76. The van der Waals surface area contributed by atoms with Gasteiger partial charge in [0.05, 0.1) is 33.5 Å². The Kier molecular flexibility index (Phi) is 7.60. The molecule has 6 heteroatoms. The smallest absolute Gasteiger partial charge is 0.161 e. The number of hydrogen-bond acceptors (Lipinski definition) is 5. The van der Waals surface area contributed by atoms with E-state index in [4.69, 9.17) is 14.2 Å². The van der Waals surface area contributed by atoms with Gasteiger partial charge in [0.1, 0.15) is 5.75 Å². The minimum Gasteiger partial charge on any atom is -0.497 e. The van der Waals surface area contributed by atoms with E-state index in [1.165, 1.54) is 0 Å². The molecule has 3 rings (SSSR count). The standard InChI is InChI=1S/C24H26BrNO4/c1-28-20-11-9-19(10-12-20)26-21(16-4-7-18(25)8-5-16)15-22(27)17-6-13-23(29-2)24(14-17)30-3/h4-14,21-22,26-27H,15H2,1-3H3. The number of aliphatic hydroxyl groups is 1. The molecule has 2 atom stereocenters. The lowest BCUT2D eigenvalue weighted by molar-refractivity contribution is 0.160. The lowest BCUT2D eigenvalue weighted by atomic mass is 9.96. The molecule has 0 amide bonds. The first kappa shape index (κ1) is 22.0. The third-order valence-electron chi connectivity index (χ3n) is 4.95. The van der Waals surface area contributed by atoms with Gasteiger partial charge in [0, 0.05) is 16.6 Å². The van der Waals surface area contributed by atoms with Gasteiger partial charge in [-0.2, -0.15) is 0 Å². The van der Waals surface area contributed by atoms with Gasteiger partial charge in [-0.1, -0.05) is 34.1 Å². The van der Waals surface area contributed by atoms with E-state index >= 15 is 0 Å². The maximum Gasteiger partial charge on any atom is 0.161 e. The fourth-order valence-corrected chi connectivity index (χ4v) is 3.55. The molecule has 0 aliphatic heterocycles. The summed E-state index contributed by atoms with van der Waals surface area (Å²) in [5.74, 6) is 2.03. The van der Waals surface area contributed by atoms with Crippen molar-refractivity contribution in [2.75, 3.05) is 26.6 Å². The molecule has 0 saturated heterocycles. The van der Waals surface area contributed by atoms with Crippen molar-refractivity contribution in [3.8, 4) is 17.2 Å². The van der Waals surface area contributed by atoms with E-state index in [1.807, 2.05) is 66.7 Å². The number of anilines is 1. The van der Waals surface area contributed by atoms with E-state index in [9.17, 15) is 5.11 Å². The summed E-state index contributed by atoms with van der Waals surface area (Å²) in [7, 11) is 4.83. The van der Waals surface area contributed by atoms with E-state index in [1.54, 1.807) is 21.3 Å². The Balaban J connectivity index is 1.84. The number of ether oxygens (including phenoxy) is 3. The van der Waals surface area contributed by atoms with Crippen LogP contribution < -0.4 is 19.5 Å². The highest BCUT2D eigenvalue weighted by atomic mass is 79.9. The van der Waals surface area contributed by atoms with Crippen molar-refractivity contribution < 1.29 is 19.3 Å². The molecule has 3 aromatic rings. The van der Waals surface area contributed by atoms with Crippen molar-refractivity contribution in [3.05, 3.63) is 82.3 Å². The normalized spacial score (nSPS) is 12.7. The molecule has 0 aromatic heterocycles. The van der Waals surface area contributed by atoms with E-state index in [0.29, 0.717) is 17.9 Å².